The minimum Gasteiger partial charge on any atom is -0.390 e. The molecule has 0 bridgehead atoms. The molecule has 2 heterocycles. The van der Waals surface area contributed by atoms with E-state index in [1.807, 2.05) is 6.07 Å². The van der Waals surface area contributed by atoms with E-state index in [4.69, 9.17) is 9.84 Å². The number of aromatic nitrogens is 2. The fourth-order valence-corrected chi connectivity index (χ4v) is 1.81. The zero-order chi connectivity index (χ0) is 11.5. The van der Waals surface area contributed by atoms with Crippen LogP contribution in [0.5, 0.6) is 0 Å². The summed E-state index contributed by atoms with van der Waals surface area (Å²) in [4.78, 5) is 2.18. The fourth-order valence-electron chi connectivity index (χ4n) is 1.81. The van der Waals surface area contributed by atoms with Crippen molar-refractivity contribution in [2.75, 3.05) is 18.1 Å². The molecule has 0 saturated carbocycles. The summed E-state index contributed by atoms with van der Waals surface area (Å²) < 4.78 is 5.56. The molecule has 1 N–H and O–H groups in total. The van der Waals surface area contributed by atoms with Crippen molar-refractivity contribution in [3.8, 4) is 0 Å². The second-order valence-corrected chi connectivity index (χ2v) is 4.19. The molecule has 1 saturated heterocycles. The Kier molecular flexibility index (Phi) is 3.36. The lowest BCUT2D eigenvalue weighted by Crippen LogP contribution is -2.47. The first-order valence-electron chi connectivity index (χ1n) is 5.52. The van der Waals surface area contributed by atoms with Gasteiger partial charge in [-0.3, -0.25) is 0 Å². The van der Waals surface area contributed by atoms with Gasteiger partial charge in [0.15, 0.2) is 5.82 Å². The van der Waals surface area contributed by atoms with E-state index < -0.39 is 0 Å². The Morgan fingerprint density at radius 3 is 2.88 bits per heavy atom. The lowest BCUT2D eigenvalue weighted by molar-refractivity contribution is 0.0339. The van der Waals surface area contributed by atoms with Gasteiger partial charge in [-0.25, -0.2) is 0 Å². The van der Waals surface area contributed by atoms with Crippen LogP contribution in [0.25, 0.3) is 0 Å². The van der Waals surface area contributed by atoms with Gasteiger partial charge in [0.1, 0.15) is 0 Å². The molecule has 1 aliphatic rings. The molecule has 0 amide bonds. The van der Waals surface area contributed by atoms with Crippen LogP contribution < -0.4 is 4.90 Å². The molecule has 2 rings (SSSR count). The number of rotatable bonds is 2. The fraction of sp³-hybridized carbons (Fsp3) is 0.636. The van der Waals surface area contributed by atoms with Crippen LogP contribution in [0, 0.1) is 0 Å². The molecule has 1 aromatic rings. The molecule has 2 atom stereocenters. The summed E-state index contributed by atoms with van der Waals surface area (Å²) in [6.07, 6.45) is 0.218. The average molecular weight is 223 g/mol. The number of hydrogen-bond acceptors (Lipinski definition) is 5. The summed E-state index contributed by atoms with van der Waals surface area (Å²) in [7, 11) is 0. The van der Waals surface area contributed by atoms with E-state index in [2.05, 4.69) is 28.9 Å². The molecule has 1 aliphatic heterocycles. The van der Waals surface area contributed by atoms with Gasteiger partial charge in [-0.15, -0.1) is 5.10 Å². The number of anilines is 1. The van der Waals surface area contributed by atoms with E-state index in [9.17, 15) is 0 Å². The van der Waals surface area contributed by atoms with Gasteiger partial charge in [0, 0.05) is 6.54 Å². The smallest absolute Gasteiger partial charge is 0.151 e. The van der Waals surface area contributed by atoms with Crippen LogP contribution in [0.2, 0.25) is 0 Å². The van der Waals surface area contributed by atoms with Crippen molar-refractivity contribution in [2.45, 2.75) is 32.6 Å². The minimum atomic E-state index is -0.0671. The van der Waals surface area contributed by atoms with Gasteiger partial charge in [-0.1, -0.05) is 0 Å². The van der Waals surface area contributed by atoms with Crippen LogP contribution in [-0.2, 0) is 11.3 Å². The van der Waals surface area contributed by atoms with Gasteiger partial charge in [-0.05, 0) is 26.0 Å². The molecule has 2 unspecified atom stereocenters. The summed E-state index contributed by atoms with van der Waals surface area (Å²) in [5.74, 6) is 0.847. The van der Waals surface area contributed by atoms with Gasteiger partial charge in [0.25, 0.3) is 0 Å². The first-order chi connectivity index (χ1) is 7.70. The molecule has 0 aliphatic carbocycles. The van der Waals surface area contributed by atoms with E-state index in [1.165, 1.54) is 0 Å². The monoisotopic (exact) mass is 223 g/mol. The number of ether oxygens (including phenoxy) is 1. The zero-order valence-corrected chi connectivity index (χ0v) is 9.63. The van der Waals surface area contributed by atoms with Crippen molar-refractivity contribution < 1.29 is 9.84 Å². The SMILES string of the molecule is CC1CN(c2ccc(CO)nn2)C(C)CO1. The van der Waals surface area contributed by atoms with Crippen molar-refractivity contribution in [1.82, 2.24) is 10.2 Å². The molecule has 0 aromatic carbocycles. The van der Waals surface area contributed by atoms with Gasteiger partial charge >= 0.3 is 0 Å². The normalized spacial score (nSPS) is 25.8. The minimum absolute atomic E-state index is 0.0671. The maximum atomic E-state index is 8.90. The van der Waals surface area contributed by atoms with Crippen LogP contribution in [0.4, 0.5) is 5.82 Å². The Morgan fingerprint density at radius 2 is 2.25 bits per heavy atom. The number of aliphatic hydroxyl groups is 1. The Bertz CT molecular complexity index is 342. The van der Waals surface area contributed by atoms with E-state index in [1.54, 1.807) is 6.07 Å². The molecule has 0 radical (unpaired) electrons. The van der Waals surface area contributed by atoms with E-state index in [-0.39, 0.29) is 12.7 Å². The molecule has 1 fully saturated rings. The highest BCUT2D eigenvalue weighted by Crippen LogP contribution is 2.18. The van der Waals surface area contributed by atoms with Crippen molar-refractivity contribution in [3.63, 3.8) is 0 Å². The second kappa shape index (κ2) is 4.76. The summed E-state index contributed by atoms with van der Waals surface area (Å²) in [6, 6.07) is 4.01. The summed E-state index contributed by atoms with van der Waals surface area (Å²) >= 11 is 0. The van der Waals surface area contributed by atoms with Crippen molar-refractivity contribution in [2.24, 2.45) is 0 Å². The number of aliphatic hydroxyl groups excluding tert-OH is 1. The molecule has 5 heteroatoms. The molecule has 16 heavy (non-hydrogen) atoms. The number of hydrogen-bond donors (Lipinski definition) is 1. The quantitative estimate of drug-likeness (QED) is 0.795. The first-order valence-corrected chi connectivity index (χ1v) is 5.52. The van der Waals surface area contributed by atoms with E-state index in [0.717, 1.165) is 12.4 Å². The van der Waals surface area contributed by atoms with E-state index in [0.29, 0.717) is 18.3 Å². The van der Waals surface area contributed by atoms with Crippen molar-refractivity contribution in [1.29, 1.82) is 0 Å². The second-order valence-electron chi connectivity index (χ2n) is 4.19. The zero-order valence-electron chi connectivity index (χ0n) is 9.63. The van der Waals surface area contributed by atoms with Crippen LogP contribution in [0.3, 0.4) is 0 Å². The van der Waals surface area contributed by atoms with Crippen LogP contribution >= 0.6 is 0 Å². The third-order valence-corrected chi connectivity index (χ3v) is 2.77. The highest BCUT2D eigenvalue weighted by molar-refractivity contribution is 5.39. The van der Waals surface area contributed by atoms with Crippen molar-refractivity contribution in [3.05, 3.63) is 17.8 Å². The molecule has 1 aromatic heterocycles. The molecular formula is C11H17N3O2. The Hall–Kier alpha value is -1.20. The Balaban J connectivity index is 2.15. The summed E-state index contributed by atoms with van der Waals surface area (Å²) in [6.45, 7) is 5.63. The van der Waals surface area contributed by atoms with Crippen molar-refractivity contribution >= 4 is 5.82 Å². The molecule has 88 valence electrons. The van der Waals surface area contributed by atoms with Gasteiger partial charge in [0.2, 0.25) is 0 Å². The lowest BCUT2D eigenvalue weighted by atomic mass is 10.2. The van der Waals surface area contributed by atoms with Crippen LogP contribution in [-0.4, -0.2) is 40.6 Å². The standard InChI is InChI=1S/C11H17N3O2/c1-8-7-16-9(2)5-14(8)11-4-3-10(6-15)12-13-11/h3-4,8-9,15H,5-7H2,1-2H3. The topological polar surface area (TPSA) is 58.5 Å². The predicted octanol–water partition coefficient (Wildman–Crippen LogP) is 0.583. The third kappa shape index (κ3) is 2.31. The third-order valence-electron chi connectivity index (χ3n) is 2.77. The van der Waals surface area contributed by atoms with E-state index >= 15 is 0 Å². The molecule has 5 nitrogen and oxygen atoms in total. The number of nitrogens with zero attached hydrogens (tertiary/aromatic N) is 3. The predicted molar refractivity (Wildman–Crippen MR) is 60.2 cm³/mol. The van der Waals surface area contributed by atoms with Crippen LogP contribution in [0.1, 0.15) is 19.5 Å². The summed E-state index contributed by atoms with van der Waals surface area (Å²) in [5.41, 5.74) is 0.595. The number of morpholine rings is 1. The highest BCUT2D eigenvalue weighted by atomic mass is 16.5. The maximum Gasteiger partial charge on any atom is 0.151 e. The molecule has 0 spiro atoms. The van der Waals surface area contributed by atoms with Gasteiger partial charge in [0.05, 0.1) is 31.1 Å². The molecular weight excluding hydrogens is 206 g/mol. The van der Waals surface area contributed by atoms with Crippen LogP contribution in [0.15, 0.2) is 12.1 Å². The average Bonchev–Trinajstić information content (AvgIpc) is 2.32. The van der Waals surface area contributed by atoms with Gasteiger partial charge < -0.3 is 14.7 Å². The summed E-state index contributed by atoms with van der Waals surface area (Å²) in [5, 5.41) is 17.0. The highest BCUT2D eigenvalue weighted by Gasteiger charge is 2.24. The maximum absolute atomic E-state index is 8.90. The first kappa shape index (κ1) is 11.3. The Morgan fingerprint density at radius 1 is 1.44 bits per heavy atom. The largest absolute Gasteiger partial charge is 0.390 e. The van der Waals surface area contributed by atoms with Gasteiger partial charge in [-0.2, -0.15) is 5.10 Å². The Labute approximate surface area is 95.1 Å². The lowest BCUT2D eigenvalue weighted by Gasteiger charge is -2.37.